The van der Waals surface area contributed by atoms with E-state index < -0.39 is 5.60 Å². The van der Waals surface area contributed by atoms with Gasteiger partial charge in [-0.1, -0.05) is 42.1 Å². The van der Waals surface area contributed by atoms with E-state index in [4.69, 9.17) is 5.73 Å². The molecule has 0 aliphatic rings. The van der Waals surface area contributed by atoms with E-state index >= 15 is 0 Å². The van der Waals surface area contributed by atoms with E-state index in [-0.39, 0.29) is 6.54 Å². The Balaban J connectivity index is 2.09. The molecule has 4 N–H and O–H groups in total. The number of thioether (sulfide) groups is 1. The molecule has 4 nitrogen and oxygen atoms in total. The van der Waals surface area contributed by atoms with Crippen LogP contribution in [-0.2, 0) is 5.60 Å². The highest BCUT2D eigenvalue weighted by Crippen LogP contribution is 2.27. The van der Waals surface area contributed by atoms with Gasteiger partial charge in [-0.2, -0.15) is 0 Å². The number of hydrogen-bond donors (Lipinski definition) is 3. The number of nitrogens with zero attached hydrogens (tertiary/aromatic N) is 1. The van der Waals surface area contributed by atoms with Crippen molar-refractivity contribution in [2.24, 2.45) is 5.73 Å². The van der Waals surface area contributed by atoms with Crippen molar-refractivity contribution >= 4 is 11.8 Å². The second kappa shape index (κ2) is 5.35. The summed E-state index contributed by atoms with van der Waals surface area (Å²) in [6.07, 6.45) is 3.44. The van der Waals surface area contributed by atoms with E-state index in [0.29, 0.717) is 5.75 Å². The van der Waals surface area contributed by atoms with Crippen molar-refractivity contribution in [1.29, 1.82) is 0 Å². The second-order valence-corrected chi connectivity index (χ2v) is 4.75. The first-order valence-electron chi connectivity index (χ1n) is 5.35. The maximum Gasteiger partial charge on any atom is 0.165 e. The molecule has 0 aliphatic carbocycles. The van der Waals surface area contributed by atoms with Gasteiger partial charge in [0.2, 0.25) is 0 Å². The number of aliphatic hydroxyl groups is 1. The summed E-state index contributed by atoms with van der Waals surface area (Å²) in [5, 5.41) is 11.3. The molecule has 2 aromatic rings. The highest BCUT2D eigenvalue weighted by molar-refractivity contribution is 7.99. The Morgan fingerprint density at radius 2 is 2.12 bits per heavy atom. The van der Waals surface area contributed by atoms with Gasteiger partial charge >= 0.3 is 0 Å². The fraction of sp³-hybridized carbons (Fsp3) is 0.250. The van der Waals surface area contributed by atoms with Crippen molar-refractivity contribution in [3.05, 3.63) is 48.3 Å². The third-order valence-electron chi connectivity index (χ3n) is 2.57. The Morgan fingerprint density at radius 3 is 2.71 bits per heavy atom. The number of rotatable bonds is 5. The highest BCUT2D eigenvalue weighted by atomic mass is 32.2. The third-order valence-corrected chi connectivity index (χ3v) is 3.69. The van der Waals surface area contributed by atoms with Crippen LogP contribution in [0.4, 0.5) is 0 Å². The molecule has 0 spiro atoms. The fourth-order valence-corrected chi connectivity index (χ4v) is 2.47. The Hall–Kier alpha value is -1.30. The largest absolute Gasteiger partial charge is 0.383 e. The lowest BCUT2D eigenvalue weighted by atomic mass is 9.96. The molecule has 1 heterocycles. The van der Waals surface area contributed by atoms with Gasteiger partial charge in [-0.05, 0) is 5.56 Å². The molecule has 2 rings (SSSR count). The summed E-state index contributed by atoms with van der Waals surface area (Å²) in [6.45, 7) is 0.185. The van der Waals surface area contributed by atoms with Gasteiger partial charge in [0, 0.05) is 24.7 Å². The predicted molar refractivity (Wildman–Crippen MR) is 68.7 cm³/mol. The molecule has 0 fully saturated rings. The first-order valence-corrected chi connectivity index (χ1v) is 6.33. The van der Waals surface area contributed by atoms with Gasteiger partial charge in [0.05, 0.1) is 0 Å². The minimum Gasteiger partial charge on any atom is -0.383 e. The average molecular weight is 249 g/mol. The molecule has 1 aromatic heterocycles. The number of benzene rings is 1. The normalized spacial score (nSPS) is 14.5. The number of aromatic nitrogens is 2. The van der Waals surface area contributed by atoms with Gasteiger partial charge in [-0.3, -0.25) is 0 Å². The molecule has 90 valence electrons. The Kier molecular flexibility index (Phi) is 3.83. The fourth-order valence-electron chi connectivity index (χ4n) is 1.53. The molecule has 0 amide bonds. The van der Waals surface area contributed by atoms with E-state index in [9.17, 15) is 5.11 Å². The van der Waals surface area contributed by atoms with Crippen molar-refractivity contribution in [2.75, 3.05) is 12.3 Å². The summed E-state index contributed by atoms with van der Waals surface area (Å²) in [6, 6.07) is 9.48. The molecule has 5 heteroatoms. The molecule has 17 heavy (non-hydrogen) atoms. The quantitative estimate of drug-likeness (QED) is 0.699. The van der Waals surface area contributed by atoms with Gasteiger partial charge in [0.15, 0.2) is 5.16 Å². The second-order valence-electron chi connectivity index (χ2n) is 3.78. The van der Waals surface area contributed by atoms with Crippen LogP contribution in [0.3, 0.4) is 0 Å². The van der Waals surface area contributed by atoms with E-state index in [2.05, 4.69) is 9.97 Å². The summed E-state index contributed by atoms with van der Waals surface area (Å²) in [5.74, 6) is 0.473. The lowest BCUT2D eigenvalue weighted by Gasteiger charge is -2.26. The maximum absolute atomic E-state index is 10.5. The first-order chi connectivity index (χ1) is 8.24. The summed E-state index contributed by atoms with van der Waals surface area (Å²) in [5.41, 5.74) is 5.50. The Labute approximate surface area is 104 Å². The van der Waals surface area contributed by atoms with Crippen molar-refractivity contribution < 1.29 is 5.11 Å². The number of H-pyrrole nitrogens is 1. The third kappa shape index (κ3) is 2.88. The van der Waals surface area contributed by atoms with Gasteiger partial charge in [-0.15, -0.1) is 0 Å². The number of hydrogen-bond acceptors (Lipinski definition) is 4. The van der Waals surface area contributed by atoms with Crippen LogP contribution in [-0.4, -0.2) is 27.4 Å². The zero-order valence-corrected chi connectivity index (χ0v) is 10.2. The molecular weight excluding hydrogens is 234 g/mol. The topological polar surface area (TPSA) is 74.9 Å². The van der Waals surface area contributed by atoms with Crippen LogP contribution in [0, 0.1) is 0 Å². The molecular formula is C12H15N3OS. The Morgan fingerprint density at radius 1 is 1.35 bits per heavy atom. The number of nitrogens with one attached hydrogen (secondary N) is 1. The SMILES string of the molecule is NCC(O)(CSc1ncc[nH]1)c1ccccc1. The smallest absolute Gasteiger partial charge is 0.165 e. The molecule has 0 saturated heterocycles. The van der Waals surface area contributed by atoms with Gasteiger partial charge < -0.3 is 15.8 Å². The molecule has 0 saturated carbocycles. The average Bonchev–Trinajstić information content (AvgIpc) is 2.90. The van der Waals surface area contributed by atoms with Crippen LogP contribution in [0.1, 0.15) is 5.56 Å². The lowest BCUT2D eigenvalue weighted by Crippen LogP contribution is -2.37. The Bertz CT molecular complexity index is 446. The van der Waals surface area contributed by atoms with Crippen LogP contribution >= 0.6 is 11.8 Å². The minimum absolute atomic E-state index is 0.185. The molecule has 1 aromatic carbocycles. The molecule has 0 bridgehead atoms. The zero-order valence-electron chi connectivity index (χ0n) is 9.34. The molecule has 1 atom stereocenters. The summed E-state index contributed by atoms with van der Waals surface area (Å²) in [7, 11) is 0. The highest BCUT2D eigenvalue weighted by Gasteiger charge is 2.27. The van der Waals surface area contributed by atoms with E-state index in [1.54, 1.807) is 12.4 Å². The van der Waals surface area contributed by atoms with Crippen LogP contribution in [0.25, 0.3) is 0 Å². The predicted octanol–water partition coefficient (Wildman–Crippen LogP) is 1.35. The van der Waals surface area contributed by atoms with Crippen LogP contribution in [0.15, 0.2) is 47.9 Å². The van der Waals surface area contributed by atoms with Gasteiger partial charge in [0.25, 0.3) is 0 Å². The zero-order chi connectivity index (χ0) is 12.1. The van der Waals surface area contributed by atoms with Crippen LogP contribution in [0.2, 0.25) is 0 Å². The number of aromatic amines is 1. The number of nitrogens with two attached hydrogens (primary N) is 1. The maximum atomic E-state index is 10.5. The monoisotopic (exact) mass is 249 g/mol. The van der Waals surface area contributed by atoms with Gasteiger partial charge in [0.1, 0.15) is 5.60 Å². The summed E-state index contributed by atoms with van der Waals surface area (Å²) in [4.78, 5) is 7.09. The lowest BCUT2D eigenvalue weighted by molar-refractivity contribution is 0.0721. The van der Waals surface area contributed by atoms with Crippen LogP contribution < -0.4 is 5.73 Å². The molecule has 1 unspecified atom stereocenters. The van der Waals surface area contributed by atoms with E-state index in [1.807, 2.05) is 30.3 Å². The van der Waals surface area contributed by atoms with Crippen molar-refractivity contribution in [3.63, 3.8) is 0 Å². The minimum atomic E-state index is -1.02. The van der Waals surface area contributed by atoms with Gasteiger partial charge in [-0.25, -0.2) is 4.98 Å². The van der Waals surface area contributed by atoms with Crippen LogP contribution in [0.5, 0.6) is 0 Å². The van der Waals surface area contributed by atoms with E-state index in [0.717, 1.165) is 10.7 Å². The molecule has 0 radical (unpaired) electrons. The van der Waals surface area contributed by atoms with Crippen molar-refractivity contribution in [3.8, 4) is 0 Å². The number of imidazole rings is 1. The standard InChI is InChI=1S/C12H15N3OS/c13-8-12(16,10-4-2-1-3-5-10)9-17-11-14-6-7-15-11/h1-7,16H,8-9,13H2,(H,14,15). The van der Waals surface area contributed by atoms with E-state index in [1.165, 1.54) is 11.8 Å². The summed E-state index contributed by atoms with van der Waals surface area (Å²) < 4.78 is 0. The first kappa shape index (κ1) is 12.2. The molecule has 0 aliphatic heterocycles. The summed E-state index contributed by atoms with van der Waals surface area (Å²) >= 11 is 1.46. The van der Waals surface area contributed by atoms with Crippen molar-refractivity contribution in [2.45, 2.75) is 10.8 Å². The van der Waals surface area contributed by atoms with Crippen molar-refractivity contribution in [1.82, 2.24) is 9.97 Å².